The molecule has 1 N–H and O–H groups in total. The number of Topliss-reactive ketones (excluding diaryl/α,β-unsaturated/α-hetero) is 1. The molecule has 0 saturated carbocycles. The highest BCUT2D eigenvalue weighted by molar-refractivity contribution is 8.19. The number of hydrogen-bond acceptors (Lipinski definition) is 7. The van der Waals surface area contributed by atoms with Crippen LogP contribution in [0.2, 0.25) is 0 Å². The minimum Gasteiger partial charge on any atom is -0.489 e. The van der Waals surface area contributed by atoms with E-state index in [0.717, 1.165) is 11.1 Å². The van der Waals surface area contributed by atoms with Crippen LogP contribution in [-0.2, 0) is 11.4 Å². The molecular formula is C22H15N3O2S2. The van der Waals surface area contributed by atoms with Gasteiger partial charge in [0.1, 0.15) is 23.3 Å². The minimum absolute atomic E-state index is 0.0802. The minimum atomic E-state index is -0.575. The molecule has 1 aliphatic rings. The normalized spacial score (nSPS) is 17.5. The molecule has 3 aromatic rings. The van der Waals surface area contributed by atoms with Crippen LogP contribution in [0.3, 0.4) is 0 Å². The Bertz CT molecular complexity index is 1130. The number of nitriles is 1. The van der Waals surface area contributed by atoms with Gasteiger partial charge < -0.3 is 4.74 Å². The van der Waals surface area contributed by atoms with E-state index in [1.807, 2.05) is 47.8 Å². The lowest BCUT2D eigenvalue weighted by molar-refractivity contribution is -0.114. The Balaban J connectivity index is 1.45. The molecule has 29 heavy (non-hydrogen) atoms. The van der Waals surface area contributed by atoms with Crippen molar-refractivity contribution in [3.63, 3.8) is 0 Å². The van der Waals surface area contributed by atoms with Crippen LogP contribution in [-0.4, -0.2) is 15.8 Å². The van der Waals surface area contributed by atoms with E-state index >= 15 is 0 Å². The maximum atomic E-state index is 12.7. The maximum absolute atomic E-state index is 12.7. The van der Waals surface area contributed by atoms with Crippen molar-refractivity contribution in [2.45, 2.75) is 12.5 Å². The van der Waals surface area contributed by atoms with E-state index in [-0.39, 0.29) is 5.78 Å². The quantitative estimate of drug-likeness (QED) is 0.590. The lowest BCUT2D eigenvalue weighted by atomic mass is 10.1. The van der Waals surface area contributed by atoms with Crippen molar-refractivity contribution in [3.05, 3.63) is 86.7 Å². The van der Waals surface area contributed by atoms with Crippen LogP contribution in [0.25, 0.3) is 6.08 Å². The van der Waals surface area contributed by atoms with Crippen LogP contribution in [0.5, 0.6) is 5.75 Å². The molecular weight excluding hydrogens is 402 g/mol. The van der Waals surface area contributed by atoms with E-state index < -0.39 is 5.92 Å². The van der Waals surface area contributed by atoms with Crippen molar-refractivity contribution >= 4 is 40.0 Å². The number of thioether (sulfide) groups is 1. The molecule has 2 aromatic carbocycles. The van der Waals surface area contributed by atoms with Crippen molar-refractivity contribution in [2.75, 3.05) is 0 Å². The standard InChI is InChI=1S/C22H15N3O2S2/c23-12-15-3-1-2-4-16(15)13-27-17-7-5-14(6-8-17)11-18-20(26)19(21(24)29-18)22-25-9-10-28-22/h1-11,19,24H,13H2/b18-11-,24-21?/t19-/m0/s1. The number of hydrogen-bond donors (Lipinski definition) is 1. The Hall–Kier alpha value is -3.21. The third-order valence-corrected chi connectivity index (χ3v) is 6.23. The summed E-state index contributed by atoms with van der Waals surface area (Å²) in [4.78, 5) is 17.4. The molecule has 1 atom stereocenters. The molecule has 0 aliphatic carbocycles. The fourth-order valence-electron chi connectivity index (χ4n) is 2.92. The zero-order valence-electron chi connectivity index (χ0n) is 15.2. The first-order valence-electron chi connectivity index (χ1n) is 8.78. The van der Waals surface area contributed by atoms with Crippen molar-refractivity contribution in [2.24, 2.45) is 0 Å². The zero-order valence-corrected chi connectivity index (χ0v) is 16.8. The highest BCUT2D eigenvalue weighted by Crippen LogP contribution is 2.41. The van der Waals surface area contributed by atoms with Gasteiger partial charge in [0.25, 0.3) is 0 Å². The van der Waals surface area contributed by atoms with Gasteiger partial charge in [0.15, 0.2) is 5.78 Å². The van der Waals surface area contributed by atoms with Crippen molar-refractivity contribution in [3.8, 4) is 11.8 Å². The third kappa shape index (κ3) is 4.14. The molecule has 0 spiro atoms. The summed E-state index contributed by atoms with van der Waals surface area (Å²) in [7, 11) is 0. The number of benzene rings is 2. The third-order valence-electron chi connectivity index (χ3n) is 4.40. The van der Waals surface area contributed by atoms with Gasteiger partial charge in [-0.15, -0.1) is 11.3 Å². The van der Waals surface area contributed by atoms with E-state index in [1.165, 1.54) is 23.1 Å². The van der Waals surface area contributed by atoms with Gasteiger partial charge in [-0.3, -0.25) is 10.2 Å². The van der Waals surface area contributed by atoms with Gasteiger partial charge >= 0.3 is 0 Å². The molecule has 1 saturated heterocycles. The number of rotatable bonds is 5. The Morgan fingerprint density at radius 3 is 2.72 bits per heavy atom. The molecule has 1 aromatic heterocycles. The van der Waals surface area contributed by atoms with Crippen molar-refractivity contribution in [1.82, 2.24) is 4.98 Å². The molecule has 0 radical (unpaired) electrons. The van der Waals surface area contributed by atoms with E-state index in [1.54, 1.807) is 18.3 Å². The SMILES string of the molecule is N#Cc1ccccc1COc1ccc(/C=C2\SC(=N)[C@@H](c3nccs3)C2=O)cc1. The average Bonchev–Trinajstić information content (AvgIpc) is 3.35. The highest BCUT2D eigenvalue weighted by Gasteiger charge is 2.38. The number of aromatic nitrogens is 1. The number of nitrogens with zero attached hydrogens (tertiary/aromatic N) is 2. The summed E-state index contributed by atoms with van der Waals surface area (Å²) < 4.78 is 5.78. The largest absolute Gasteiger partial charge is 0.489 e. The average molecular weight is 418 g/mol. The molecule has 4 rings (SSSR count). The van der Waals surface area contributed by atoms with Crippen LogP contribution >= 0.6 is 23.1 Å². The lowest BCUT2D eigenvalue weighted by Gasteiger charge is -2.08. The van der Waals surface area contributed by atoms with Gasteiger partial charge in [0.05, 0.1) is 21.6 Å². The van der Waals surface area contributed by atoms with Crippen LogP contribution in [0, 0.1) is 16.7 Å². The van der Waals surface area contributed by atoms with Crippen molar-refractivity contribution in [1.29, 1.82) is 10.7 Å². The summed E-state index contributed by atoms with van der Waals surface area (Å²) in [6.07, 6.45) is 3.45. The smallest absolute Gasteiger partial charge is 0.186 e. The van der Waals surface area contributed by atoms with Gasteiger partial charge in [0.2, 0.25) is 0 Å². The van der Waals surface area contributed by atoms with E-state index in [9.17, 15) is 4.79 Å². The van der Waals surface area contributed by atoms with E-state index in [2.05, 4.69) is 11.1 Å². The Morgan fingerprint density at radius 2 is 2.00 bits per heavy atom. The molecule has 1 aliphatic heterocycles. The monoisotopic (exact) mass is 417 g/mol. The predicted octanol–water partition coefficient (Wildman–Crippen LogP) is 5.01. The van der Waals surface area contributed by atoms with Crippen molar-refractivity contribution < 1.29 is 9.53 Å². The summed E-state index contributed by atoms with van der Waals surface area (Å²) in [6.45, 7) is 0.311. The summed E-state index contributed by atoms with van der Waals surface area (Å²) in [6, 6.07) is 16.9. The fourth-order valence-corrected chi connectivity index (χ4v) is 4.72. The molecule has 2 heterocycles. The lowest BCUT2D eigenvalue weighted by Crippen LogP contribution is -2.11. The second-order valence-electron chi connectivity index (χ2n) is 6.27. The van der Waals surface area contributed by atoms with Crippen LogP contribution in [0.15, 0.2) is 65.0 Å². The number of carbonyl (C=O) groups is 1. The number of ketones is 1. The van der Waals surface area contributed by atoms with Gasteiger partial charge in [-0.2, -0.15) is 5.26 Å². The first-order valence-corrected chi connectivity index (χ1v) is 10.5. The molecule has 5 nitrogen and oxygen atoms in total. The summed E-state index contributed by atoms with van der Waals surface area (Å²) in [5, 5.41) is 20.1. The summed E-state index contributed by atoms with van der Waals surface area (Å²) >= 11 is 2.58. The second-order valence-corrected chi connectivity index (χ2v) is 8.28. The van der Waals surface area contributed by atoms with Crippen LogP contribution in [0.1, 0.15) is 27.6 Å². The summed E-state index contributed by atoms with van der Waals surface area (Å²) in [5.41, 5.74) is 2.29. The Morgan fingerprint density at radius 1 is 1.21 bits per heavy atom. The molecule has 0 amide bonds. The Kier molecular flexibility index (Phi) is 5.56. The number of thiazole rings is 1. The van der Waals surface area contributed by atoms with Crippen LogP contribution < -0.4 is 4.74 Å². The van der Waals surface area contributed by atoms with Crippen LogP contribution in [0.4, 0.5) is 0 Å². The number of ether oxygens (including phenoxy) is 1. The van der Waals surface area contributed by atoms with Gasteiger partial charge in [-0.1, -0.05) is 42.1 Å². The second kappa shape index (κ2) is 8.43. The Labute approximate surface area is 176 Å². The number of nitrogens with one attached hydrogen (secondary N) is 1. The van der Waals surface area contributed by atoms with Gasteiger partial charge in [-0.05, 0) is 29.8 Å². The highest BCUT2D eigenvalue weighted by atomic mass is 32.2. The van der Waals surface area contributed by atoms with E-state index in [4.69, 9.17) is 15.4 Å². The molecule has 142 valence electrons. The molecule has 0 bridgehead atoms. The fraction of sp³-hybridized carbons (Fsp3) is 0.0909. The molecule has 0 unspecified atom stereocenters. The van der Waals surface area contributed by atoms with Gasteiger partial charge in [0, 0.05) is 17.1 Å². The molecule has 7 heteroatoms. The van der Waals surface area contributed by atoms with E-state index in [0.29, 0.717) is 32.9 Å². The molecule has 1 fully saturated rings. The maximum Gasteiger partial charge on any atom is 0.186 e. The first kappa shape index (κ1) is 19.1. The van der Waals surface area contributed by atoms with Gasteiger partial charge in [-0.25, -0.2) is 4.98 Å². The zero-order chi connectivity index (χ0) is 20.2. The predicted molar refractivity (Wildman–Crippen MR) is 115 cm³/mol. The first-order chi connectivity index (χ1) is 14.2. The number of allylic oxidation sites excluding steroid dienone is 1. The summed E-state index contributed by atoms with van der Waals surface area (Å²) in [5.74, 6) is 0.0242. The number of carbonyl (C=O) groups excluding carboxylic acids is 1. The topological polar surface area (TPSA) is 86.8 Å².